The number of ether oxygens (including phenoxy) is 4. The van der Waals surface area contributed by atoms with Crippen LogP contribution in [-0.4, -0.2) is 49.5 Å². The highest BCUT2D eigenvalue weighted by atomic mass is 16.7. The Morgan fingerprint density at radius 3 is 2.50 bits per heavy atom. The molecule has 2 fully saturated rings. The number of carbonyl (C=O) groups is 1. The molecule has 1 amide bonds. The van der Waals surface area contributed by atoms with E-state index in [2.05, 4.69) is 30.3 Å². The van der Waals surface area contributed by atoms with Gasteiger partial charge in [-0.05, 0) is 23.1 Å². The van der Waals surface area contributed by atoms with Crippen LogP contribution in [0.25, 0.3) is 5.57 Å². The van der Waals surface area contributed by atoms with Gasteiger partial charge in [0.05, 0.1) is 38.5 Å². The van der Waals surface area contributed by atoms with E-state index in [1.165, 1.54) is 5.57 Å². The first-order valence-corrected chi connectivity index (χ1v) is 10.4. The summed E-state index contributed by atoms with van der Waals surface area (Å²) in [7, 11) is 0. The van der Waals surface area contributed by atoms with Gasteiger partial charge in [0.1, 0.15) is 6.61 Å². The predicted octanol–water partition coefficient (Wildman–Crippen LogP) is 3.93. The molecule has 3 heterocycles. The van der Waals surface area contributed by atoms with E-state index in [1.54, 1.807) is 0 Å². The minimum absolute atomic E-state index is 0.0202. The molecule has 156 valence electrons. The van der Waals surface area contributed by atoms with Crippen molar-refractivity contribution in [3.63, 3.8) is 0 Å². The molecule has 0 N–H and O–H groups in total. The van der Waals surface area contributed by atoms with Crippen molar-refractivity contribution in [3.8, 4) is 0 Å². The van der Waals surface area contributed by atoms with E-state index < -0.39 is 0 Å². The maximum absolute atomic E-state index is 12.8. The van der Waals surface area contributed by atoms with E-state index >= 15 is 0 Å². The lowest BCUT2D eigenvalue weighted by atomic mass is 9.90. The van der Waals surface area contributed by atoms with Crippen molar-refractivity contribution in [2.45, 2.75) is 31.4 Å². The third-order valence-corrected chi connectivity index (χ3v) is 5.79. The Morgan fingerprint density at radius 1 is 1.00 bits per heavy atom. The first kappa shape index (κ1) is 19.3. The summed E-state index contributed by atoms with van der Waals surface area (Å²) in [6.45, 7) is 2.56. The molecule has 2 unspecified atom stereocenters. The van der Waals surface area contributed by atoms with Crippen LogP contribution in [-0.2, 0) is 25.6 Å². The van der Waals surface area contributed by atoms with Crippen LogP contribution in [0.5, 0.6) is 0 Å². The summed E-state index contributed by atoms with van der Waals surface area (Å²) in [6, 6.07) is 17.9. The van der Waals surface area contributed by atoms with Crippen molar-refractivity contribution in [2.24, 2.45) is 0 Å². The van der Waals surface area contributed by atoms with Crippen LogP contribution >= 0.6 is 0 Å². The van der Waals surface area contributed by atoms with E-state index in [0.29, 0.717) is 26.4 Å². The number of morpholine rings is 1. The fourth-order valence-electron chi connectivity index (χ4n) is 4.29. The molecule has 6 nitrogen and oxygen atoms in total. The maximum atomic E-state index is 12.8. The van der Waals surface area contributed by atoms with Gasteiger partial charge in [-0.3, -0.25) is 4.90 Å². The second kappa shape index (κ2) is 8.60. The van der Waals surface area contributed by atoms with Crippen molar-refractivity contribution < 1.29 is 23.7 Å². The number of nitrogens with zero attached hydrogens (tertiary/aromatic N) is 1. The highest BCUT2D eigenvalue weighted by Crippen LogP contribution is 2.34. The smallest absolute Gasteiger partial charge is 0.411 e. The Morgan fingerprint density at radius 2 is 1.77 bits per heavy atom. The quantitative estimate of drug-likeness (QED) is 0.769. The number of fused-ring (bicyclic) bond motifs is 2. The van der Waals surface area contributed by atoms with Crippen LogP contribution in [0, 0.1) is 0 Å². The predicted molar refractivity (Wildman–Crippen MR) is 111 cm³/mol. The molecule has 5 rings (SSSR count). The van der Waals surface area contributed by atoms with Crippen molar-refractivity contribution in [1.82, 2.24) is 4.90 Å². The molecule has 3 aliphatic rings. The molecule has 6 heteroatoms. The van der Waals surface area contributed by atoms with E-state index in [4.69, 9.17) is 18.9 Å². The van der Waals surface area contributed by atoms with E-state index in [9.17, 15) is 4.79 Å². The molecule has 2 aromatic rings. The molecular weight excluding hydrogens is 382 g/mol. The number of benzene rings is 2. The standard InChI is InChI=1S/C24H25NO5/c26-24(30-14-17-4-2-1-3-5-17)25-21-12-20(13-22(25)16-27-15-21)18-6-8-19(9-7-18)23-28-10-11-29-23/h1-9,12,21-23H,10-11,13-16H2. The van der Waals surface area contributed by atoms with E-state index in [-0.39, 0.29) is 31.1 Å². The lowest BCUT2D eigenvalue weighted by molar-refractivity contribution is -0.0441. The van der Waals surface area contributed by atoms with Gasteiger partial charge < -0.3 is 18.9 Å². The monoisotopic (exact) mass is 407 g/mol. The molecule has 2 saturated heterocycles. The molecule has 2 bridgehead atoms. The normalized spacial score (nSPS) is 23.9. The van der Waals surface area contributed by atoms with Crippen LogP contribution in [0.3, 0.4) is 0 Å². The summed E-state index contributed by atoms with van der Waals surface area (Å²) < 4.78 is 22.5. The second-order valence-electron chi connectivity index (χ2n) is 7.80. The average Bonchev–Trinajstić information content (AvgIpc) is 3.32. The first-order valence-electron chi connectivity index (χ1n) is 10.4. The van der Waals surface area contributed by atoms with Gasteiger partial charge >= 0.3 is 6.09 Å². The van der Waals surface area contributed by atoms with Gasteiger partial charge in [-0.25, -0.2) is 4.79 Å². The van der Waals surface area contributed by atoms with Gasteiger partial charge in [0.25, 0.3) is 0 Å². The maximum Gasteiger partial charge on any atom is 0.411 e. The van der Waals surface area contributed by atoms with Crippen LogP contribution in [0.2, 0.25) is 0 Å². The van der Waals surface area contributed by atoms with Gasteiger partial charge in [-0.1, -0.05) is 60.7 Å². The second-order valence-corrected chi connectivity index (χ2v) is 7.80. The number of carbonyl (C=O) groups excluding carboxylic acids is 1. The fraction of sp³-hybridized carbons (Fsp3) is 0.375. The minimum Gasteiger partial charge on any atom is -0.445 e. The molecule has 0 aliphatic carbocycles. The SMILES string of the molecule is O=C(OCc1ccccc1)N1C2C=C(c3ccc(C4OCCO4)cc3)CC1COC2. The molecule has 2 atom stereocenters. The zero-order chi connectivity index (χ0) is 20.3. The Balaban J connectivity index is 1.29. The Kier molecular flexibility index (Phi) is 5.53. The largest absolute Gasteiger partial charge is 0.445 e. The average molecular weight is 407 g/mol. The van der Waals surface area contributed by atoms with Crippen molar-refractivity contribution in [2.75, 3.05) is 26.4 Å². The zero-order valence-electron chi connectivity index (χ0n) is 16.7. The van der Waals surface area contributed by atoms with Crippen molar-refractivity contribution in [1.29, 1.82) is 0 Å². The number of hydrogen-bond donors (Lipinski definition) is 0. The number of hydrogen-bond acceptors (Lipinski definition) is 5. The lowest BCUT2D eigenvalue weighted by Gasteiger charge is -2.43. The van der Waals surface area contributed by atoms with Crippen molar-refractivity contribution >= 4 is 11.7 Å². The van der Waals surface area contributed by atoms with Crippen LogP contribution in [0.15, 0.2) is 60.7 Å². The summed E-state index contributed by atoms with van der Waals surface area (Å²) in [4.78, 5) is 14.6. The topological polar surface area (TPSA) is 57.2 Å². The fourth-order valence-corrected chi connectivity index (χ4v) is 4.29. The third-order valence-electron chi connectivity index (χ3n) is 5.79. The zero-order valence-corrected chi connectivity index (χ0v) is 16.7. The summed E-state index contributed by atoms with van der Waals surface area (Å²) in [5, 5.41) is 0. The van der Waals surface area contributed by atoms with Crippen LogP contribution < -0.4 is 0 Å². The molecule has 3 aliphatic heterocycles. The van der Waals surface area contributed by atoms with Gasteiger partial charge in [0.15, 0.2) is 6.29 Å². The molecule has 0 aromatic heterocycles. The molecule has 0 radical (unpaired) electrons. The van der Waals surface area contributed by atoms with Gasteiger partial charge in [-0.15, -0.1) is 0 Å². The summed E-state index contributed by atoms with van der Waals surface area (Å²) in [6.07, 6.45) is 2.34. The molecule has 2 aromatic carbocycles. The first-order chi connectivity index (χ1) is 14.8. The van der Waals surface area contributed by atoms with Crippen molar-refractivity contribution in [3.05, 3.63) is 77.4 Å². The van der Waals surface area contributed by atoms with Gasteiger partial charge in [-0.2, -0.15) is 0 Å². The Labute approximate surface area is 176 Å². The van der Waals surface area contributed by atoms with Gasteiger partial charge in [0, 0.05) is 5.56 Å². The molecular formula is C24H25NO5. The summed E-state index contributed by atoms with van der Waals surface area (Å²) in [5.41, 5.74) is 4.41. The third kappa shape index (κ3) is 3.99. The minimum atomic E-state index is -0.279. The molecule has 30 heavy (non-hydrogen) atoms. The number of rotatable bonds is 4. The highest BCUT2D eigenvalue weighted by molar-refractivity contribution is 5.74. The number of amides is 1. The Bertz CT molecular complexity index is 905. The Hall–Kier alpha value is -2.67. The summed E-state index contributed by atoms with van der Waals surface area (Å²) in [5.74, 6) is 0. The van der Waals surface area contributed by atoms with Crippen LogP contribution in [0.1, 0.15) is 29.4 Å². The van der Waals surface area contributed by atoms with Crippen LogP contribution in [0.4, 0.5) is 4.79 Å². The van der Waals surface area contributed by atoms with E-state index in [1.807, 2.05) is 35.2 Å². The van der Waals surface area contributed by atoms with E-state index in [0.717, 1.165) is 23.1 Å². The summed E-state index contributed by atoms with van der Waals surface area (Å²) >= 11 is 0. The lowest BCUT2D eigenvalue weighted by Crippen LogP contribution is -2.56. The highest BCUT2D eigenvalue weighted by Gasteiger charge is 2.39. The van der Waals surface area contributed by atoms with Gasteiger partial charge in [0.2, 0.25) is 0 Å². The molecule has 0 saturated carbocycles. The molecule has 0 spiro atoms.